The predicted octanol–water partition coefficient (Wildman–Crippen LogP) is 3.25. The van der Waals surface area contributed by atoms with Crippen molar-refractivity contribution in [1.29, 1.82) is 0 Å². The number of ether oxygens (including phenoxy) is 1. The second-order valence-electron chi connectivity index (χ2n) is 6.89. The zero-order chi connectivity index (χ0) is 20.8. The van der Waals surface area contributed by atoms with Crippen molar-refractivity contribution in [3.05, 3.63) is 92.9 Å². The largest absolute Gasteiger partial charge is 0.504 e. The van der Waals surface area contributed by atoms with E-state index in [1.807, 2.05) is 32.0 Å². The lowest BCUT2D eigenvalue weighted by atomic mass is 10.1. The van der Waals surface area contributed by atoms with Gasteiger partial charge in [0.2, 0.25) is 0 Å². The zero-order valence-corrected chi connectivity index (χ0v) is 16.5. The molecule has 1 amide bonds. The number of pyridine rings is 1. The van der Waals surface area contributed by atoms with Crippen molar-refractivity contribution in [2.24, 2.45) is 0 Å². The van der Waals surface area contributed by atoms with Crippen molar-refractivity contribution in [3.8, 4) is 11.5 Å². The zero-order valence-electron chi connectivity index (χ0n) is 16.5. The first-order valence-electron chi connectivity index (χ1n) is 9.41. The Morgan fingerprint density at radius 3 is 2.52 bits per heavy atom. The van der Waals surface area contributed by atoms with Crippen LogP contribution in [0.1, 0.15) is 32.7 Å². The van der Waals surface area contributed by atoms with Crippen LogP contribution < -0.4 is 15.6 Å². The lowest BCUT2D eigenvalue weighted by Gasteiger charge is -2.09. The maximum Gasteiger partial charge on any atom is 0.253 e. The highest BCUT2D eigenvalue weighted by atomic mass is 16.5. The molecule has 150 valence electrons. The van der Waals surface area contributed by atoms with E-state index in [4.69, 9.17) is 4.74 Å². The maximum atomic E-state index is 12.4. The number of aromatic hydroxyl groups is 1. The molecule has 2 aromatic carbocycles. The van der Waals surface area contributed by atoms with Gasteiger partial charge in [-0.2, -0.15) is 0 Å². The summed E-state index contributed by atoms with van der Waals surface area (Å²) >= 11 is 0. The first-order valence-corrected chi connectivity index (χ1v) is 9.41. The molecule has 0 saturated heterocycles. The number of nitrogens with one attached hydrogen (secondary N) is 2. The second kappa shape index (κ2) is 9.10. The van der Waals surface area contributed by atoms with Crippen LogP contribution in [-0.2, 0) is 13.0 Å². The van der Waals surface area contributed by atoms with Crippen LogP contribution in [-0.4, -0.2) is 22.6 Å². The fourth-order valence-corrected chi connectivity index (χ4v) is 3.05. The van der Waals surface area contributed by atoms with Gasteiger partial charge in [-0.05, 0) is 55.3 Å². The van der Waals surface area contributed by atoms with Crippen LogP contribution in [0.5, 0.6) is 11.5 Å². The minimum absolute atomic E-state index is 0.113. The summed E-state index contributed by atoms with van der Waals surface area (Å²) in [6, 6.07) is 15.9. The number of benzene rings is 2. The molecule has 3 aromatic rings. The number of H-pyrrole nitrogens is 1. The summed E-state index contributed by atoms with van der Waals surface area (Å²) in [4.78, 5) is 27.2. The standard InChI is InChI=1S/C23H24N2O4/c1-15-13-16(2)25-23(28)19(15)14-24-22(27)18-9-7-17(8-10-18)11-12-29-21-6-4-3-5-20(21)26/h3-10,13,26H,11-12,14H2,1-2H3,(H,24,27)(H,25,28). The molecule has 3 rings (SSSR count). The van der Waals surface area contributed by atoms with E-state index < -0.39 is 0 Å². The number of hydrogen-bond acceptors (Lipinski definition) is 4. The number of aryl methyl sites for hydroxylation is 2. The maximum absolute atomic E-state index is 12.4. The molecular weight excluding hydrogens is 368 g/mol. The Morgan fingerprint density at radius 2 is 1.83 bits per heavy atom. The van der Waals surface area contributed by atoms with E-state index in [0.717, 1.165) is 16.8 Å². The number of amides is 1. The Hall–Kier alpha value is -3.54. The van der Waals surface area contributed by atoms with E-state index >= 15 is 0 Å². The van der Waals surface area contributed by atoms with E-state index in [1.165, 1.54) is 0 Å². The minimum atomic E-state index is -0.235. The fraction of sp³-hybridized carbons (Fsp3) is 0.217. The van der Waals surface area contributed by atoms with E-state index in [-0.39, 0.29) is 23.8 Å². The van der Waals surface area contributed by atoms with Crippen LogP contribution in [0.3, 0.4) is 0 Å². The summed E-state index contributed by atoms with van der Waals surface area (Å²) in [6.45, 7) is 4.27. The van der Waals surface area contributed by atoms with Crippen LogP contribution in [0.2, 0.25) is 0 Å². The molecule has 0 aliphatic heterocycles. The molecule has 6 heteroatoms. The summed E-state index contributed by atoms with van der Waals surface area (Å²) in [5.74, 6) is 0.327. The highest BCUT2D eigenvalue weighted by Crippen LogP contribution is 2.24. The highest BCUT2D eigenvalue weighted by Gasteiger charge is 2.09. The summed E-state index contributed by atoms with van der Waals surface area (Å²) in [5, 5.41) is 12.5. The number of carbonyl (C=O) groups is 1. The van der Waals surface area contributed by atoms with Gasteiger partial charge in [-0.3, -0.25) is 9.59 Å². The second-order valence-corrected chi connectivity index (χ2v) is 6.89. The number of phenolic OH excluding ortho intramolecular Hbond substituents is 1. The SMILES string of the molecule is Cc1cc(C)c(CNC(=O)c2ccc(CCOc3ccccc3O)cc2)c(=O)[nH]1. The first kappa shape index (κ1) is 20.2. The van der Waals surface area contributed by atoms with E-state index in [0.29, 0.717) is 29.9 Å². The molecule has 0 aliphatic carbocycles. The summed E-state index contributed by atoms with van der Waals surface area (Å²) in [7, 11) is 0. The van der Waals surface area contributed by atoms with Crippen molar-refractivity contribution < 1.29 is 14.6 Å². The third kappa shape index (κ3) is 5.25. The number of para-hydroxylation sites is 2. The molecule has 1 aromatic heterocycles. The van der Waals surface area contributed by atoms with Gasteiger partial charge in [-0.25, -0.2) is 0 Å². The number of rotatable bonds is 7. The molecule has 29 heavy (non-hydrogen) atoms. The number of aromatic amines is 1. The third-order valence-corrected chi connectivity index (χ3v) is 4.65. The normalized spacial score (nSPS) is 10.6. The fourth-order valence-electron chi connectivity index (χ4n) is 3.05. The molecule has 0 aliphatic rings. The summed E-state index contributed by atoms with van der Waals surface area (Å²) < 4.78 is 5.57. The molecule has 0 unspecified atom stereocenters. The number of hydrogen-bond donors (Lipinski definition) is 3. The highest BCUT2D eigenvalue weighted by molar-refractivity contribution is 5.94. The molecule has 1 heterocycles. The molecule has 0 spiro atoms. The van der Waals surface area contributed by atoms with Gasteiger partial charge in [0.25, 0.3) is 11.5 Å². The van der Waals surface area contributed by atoms with Gasteiger partial charge in [-0.15, -0.1) is 0 Å². The van der Waals surface area contributed by atoms with Crippen LogP contribution in [0.4, 0.5) is 0 Å². The van der Waals surface area contributed by atoms with Gasteiger partial charge in [0.05, 0.1) is 6.61 Å². The van der Waals surface area contributed by atoms with E-state index in [9.17, 15) is 14.7 Å². The van der Waals surface area contributed by atoms with Crippen LogP contribution in [0.25, 0.3) is 0 Å². The van der Waals surface area contributed by atoms with Crippen LogP contribution >= 0.6 is 0 Å². The van der Waals surface area contributed by atoms with Gasteiger partial charge in [0.15, 0.2) is 11.5 Å². The van der Waals surface area contributed by atoms with Crippen molar-refractivity contribution in [2.45, 2.75) is 26.8 Å². The Balaban J connectivity index is 1.54. The Kier molecular flexibility index (Phi) is 6.34. The van der Waals surface area contributed by atoms with E-state index in [1.54, 1.807) is 36.4 Å². The monoisotopic (exact) mass is 392 g/mol. The molecule has 0 radical (unpaired) electrons. The lowest BCUT2D eigenvalue weighted by molar-refractivity contribution is 0.0950. The Morgan fingerprint density at radius 1 is 1.10 bits per heavy atom. The molecule has 0 bridgehead atoms. The average Bonchev–Trinajstić information content (AvgIpc) is 2.69. The van der Waals surface area contributed by atoms with Crippen LogP contribution in [0.15, 0.2) is 59.4 Å². The summed E-state index contributed by atoms with van der Waals surface area (Å²) in [6.07, 6.45) is 0.647. The van der Waals surface area contributed by atoms with Crippen molar-refractivity contribution in [2.75, 3.05) is 6.61 Å². The van der Waals surface area contributed by atoms with Gasteiger partial charge in [0.1, 0.15) is 0 Å². The van der Waals surface area contributed by atoms with Crippen molar-refractivity contribution in [1.82, 2.24) is 10.3 Å². The number of aromatic nitrogens is 1. The van der Waals surface area contributed by atoms with Gasteiger partial charge >= 0.3 is 0 Å². The summed E-state index contributed by atoms with van der Waals surface area (Å²) in [5.41, 5.74) is 3.57. The van der Waals surface area contributed by atoms with Crippen molar-refractivity contribution in [3.63, 3.8) is 0 Å². The van der Waals surface area contributed by atoms with E-state index in [2.05, 4.69) is 10.3 Å². The van der Waals surface area contributed by atoms with Crippen molar-refractivity contribution >= 4 is 5.91 Å². The minimum Gasteiger partial charge on any atom is -0.504 e. The lowest BCUT2D eigenvalue weighted by Crippen LogP contribution is -2.27. The Bertz CT molecular complexity index is 1060. The topological polar surface area (TPSA) is 91.4 Å². The smallest absolute Gasteiger partial charge is 0.253 e. The van der Waals surface area contributed by atoms with Crippen LogP contribution in [0, 0.1) is 13.8 Å². The van der Waals surface area contributed by atoms with Gasteiger partial charge < -0.3 is 20.1 Å². The third-order valence-electron chi connectivity index (χ3n) is 4.65. The number of carbonyl (C=O) groups excluding carboxylic acids is 1. The molecule has 0 atom stereocenters. The predicted molar refractivity (Wildman–Crippen MR) is 111 cm³/mol. The Labute approximate surface area is 169 Å². The molecule has 6 nitrogen and oxygen atoms in total. The number of phenols is 1. The quantitative estimate of drug-likeness (QED) is 0.576. The molecular formula is C23H24N2O4. The molecule has 0 fully saturated rings. The molecule has 3 N–H and O–H groups in total. The van der Waals surface area contributed by atoms with Gasteiger partial charge in [-0.1, -0.05) is 24.3 Å². The molecule has 0 saturated carbocycles. The van der Waals surface area contributed by atoms with Gasteiger partial charge in [0, 0.05) is 29.8 Å². The average molecular weight is 392 g/mol. The first-order chi connectivity index (χ1) is 13.9.